The minimum absolute atomic E-state index is 0.00417. The Bertz CT molecular complexity index is 2430. The molecule has 0 saturated carbocycles. The van der Waals surface area contributed by atoms with E-state index in [1.807, 2.05) is 0 Å². The predicted octanol–water partition coefficient (Wildman–Crippen LogP) is 4.71. The van der Waals surface area contributed by atoms with Crippen LogP contribution < -0.4 is 16.4 Å². The lowest BCUT2D eigenvalue weighted by atomic mass is 10.1. The van der Waals surface area contributed by atoms with E-state index in [4.69, 9.17) is 21.9 Å². The molecule has 22 heteroatoms. The summed E-state index contributed by atoms with van der Waals surface area (Å²) in [5.74, 6) is -1.09. The van der Waals surface area contributed by atoms with Crippen LogP contribution in [-0.4, -0.2) is 66.8 Å². The molecule has 5 aromatic rings. The first-order valence-corrected chi connectivity index (χ1v) is 18.3. The molecule has 18 nitrogen and oxygen atoms in total. The summed E-state index contributed by atoms with van der Waals surface area (Å²) in [5, 5.41) is 23.9. The van der Waals surface area contributed by atoms with E-state index in [9.17, 15) is 34.9 Å². The highest BCUT2D eigenvalue weighted by molar-refractivity contribution is 7.91. The van der Waals surface area contributed by atoms with E-state index >= 15 is 0 Å². The normalized spacial score (nSPS) is 12.4. The molecule has 1 aromatic heterocycles. The van der Waals surface area contributed by atoms with Gasteiger partial charge in [0, 0.05) is 16.8 Å². The average molecular weight is 751 g/mol. The topological polar surface area (TPSA) is 286 Å². The summed E-state index contributed by atoms with van der Waals surface area (Å²) in [6, 6.07) is 16.8. The van der Waals surface area contributed by atoms with E-state index in [0.717, 1.165) is 6.07 Å². The molecule has 49 heavy (non-hydrogen) atoms. The molecule has 256 valence electrons. The molecule has 1 heterocycles. The summed E-state index contributed by atoms with van der Waals surface area (Å²) < 4.78 is 93.1. The molecule has 0 aliphatic heterocycles. The van der Waals surface area contributed by atoms with Crippen LogP contribution in [0.15, 0.2) is 92.8 Å². The maximum absolute atomic E-state index is 12.6. The average Bonchev–Trinajstić information content (AvgIpc) is 3.00. The van der Waals surface area contributed by atoms with Gasteiger partial charge in [-0.1, -0.05) is 18.2 Å². The van der Waals surface area contributed by atoms with Crippen LogP contribution in [0.4, 0.5) is 40.3 Å². The number of hydrogen-bond acceptors (Lipinski definition) is 16. The van der Waals surface area contributed by atoms with Crippen LogP contribution in [0.2, 0.25) is 5.28 Å². The maximum atomic E-state index is 12.6. The molecule has 0 unspecified atom stereocenters. The van der Waals surface area contributed by atoms with Gasteiger partial charge in [-0.2, -0.15) is 36.9 Å². The van der Waals surface area contributed by atoms with Gasteiger partial charge in [0.05, 0.1) is 34.0 Å². The number of nitrogens with one attached hydrogen (secondary N) is 2. The second-order valence-corrected chi connectivity index (χ2v) is 14.8. The Morgan fingerprint density at radius 2 is 1.47 bits per heavy atom. The number of fused-ring (bicyclic) bond motifs is 1. The number of aromatic hydroxyl groups is 1. The highest BCUT2D eigenvalue weighted by Gasteiger charge is 2.21. The lowest BCUT2D eigenvalue weighted by Gasteiger charge is -2.11. The minimum atomic E-state index is -4.80. The minimum Gasteiger partial charge on any atom is -0.507 e. The first kappa shape index (κ1) is 35.3. The number of nitrogens with two attached hydrogens (primary N) is 1. The van der Waals surface area contributed by atoms with Gasteiger partial charge in [0.1, 0.15) is 16.3 Å². The lowest BCUT2D eigenvalue weighted by molar-refractivity contribution is 0.284. The molecule has 0 radical (unpaired) electrons. The number of halogens is 1. The van der Waals surface area contributed by atoms with E-state index in [0.29, 0.717) is 11.4 Å². The highest BCUT2D eigenvalue weighted by atomic mass is 35.5. The smallest absolute Gasteiger partial charge is 0.397 e. The Hall–Kier alpha value is -5.03. The first-order chi connectivity index (χ1) is 23.0. The van der Waals surface area contributed by atoms with Crippen molar-refractivity contribution >= 4 is 93.1 Å². The van der Waals surface area contributed by atoms with Crippen LogP contribution in [0.1, 0.15) is 0 Å². The van der Waals surface area contributed by atoms with Crippen LogP contribution >= 0.6 is 11.6 Å². The van der Waals surface area contributed by atoms with Gasteiger partial charge < -0.3 is 21.5 Å². The molecule has 4 aromatic carbocycles. The number of anilines is 5. The van der Waals surface area contributed by atoms with Crippen LogP contribution in [0.3, 0.4) is 0 Å². The summed E-state index contributed by atoms with van der Waals surface area (Å²) in [6.07, 6.45) is 0. The van der Waals surface area contributed by atoms with Gasteiger partial charge >= 0.3 is 10.4 Å². The Morgan fingerprint density at radius 3 is 2.12 bits per heavy atom. The van der Waals surface area contributed by atoms with Gasteiger partial charge in [-0.05, 0) is 66.2 Å². The molecule has 0 spiro atoms. The largest absolute Gasteiger partial charge is 0.507 e. The number of aromatic nitrogens is 3. The molecule has 0 fully saturated rings. The summed E-state index contributed by atoms with van der Waals surface area (Å²) in [7, 11) is -13.5. The molecule has 7 N–H and O–H groups in total. The third kappa shape index (κ3) is 8.91. The van der Waals surface area contributed by atoms with Crippen molar-refractivity contribution in [3.63, 3.8) is 0 Å². The predicted molar refractivity (Wildman–Crippen MR) is 178 cm³/mol. The van der Waals surface area contributed by atoms with Crippen molar-refractivity contribution in [2.24, 2.45) is 10.2 Å². The SMILES string of the molecule is Nc1c(N=Nc2ccc(Nc3nc(Cl)nc(Nc4cccc(S(=O)(=O)CCOS(=O)(=O)O)c4)n3)cc2)cc(S(=O)(=O)O)c2cccc(O)c12. The summed E-state index contributed by atoms with van der Waals surface area (Å²) >= 11 is 6.08. The van der Waals surface area contributed by atoms with Gasteiger partial charge in [-0.25, -0.2) is 12.6 Å². The molecule has 5 rings (SSSR count). The fourth-order valence-electron chi connectivity index (χ4n) is 4.31. The summed E-state index contributed by atoms with van der Waals surface area (Å²) in [5.41, 5.74) is 6.99. The van der Waals surface area contributed by atoms with Crippen molar-refractivity contribution in [3.8, 4) is 5.75 Å². The van der Waals surface area contributed by atoms with Crippen molar-refractivity contribution in [1.82, 2.24) is 15.0 Å². The first-order valence-electron chi connectivity index (χ1n) is 13.4. The molecule has 0 saturated heterocycles. The van der Waals surface area contributed by atoms with Crippen molar-refractivity contribution in [3.05, 3.63) is 78.1 Å². The van der Waals surface area contributed by atoms with E-state index in [2.05, 4.69) is 40.0 Å². The van der Waals surface area contributed by atoms with Crippen molar-refractivity contribution < 1.29 is 43.6 Å². The van der Waals surface area contributed by atoms with E-state index in [1.54, 1.807) is 24.3 Å². The van der Waals surface area contributed by atoms with Crippen LogP contribution in [0.25, 0.3) is 10.8 Å². The number of nitrogen functional groups attached to an aromatic ring is 1. The standard InChI is InChI=1S/C27H23ClN8O10S3/c28-25-32-26(34-27(33-25)31-17-3-1-4-18(13-17)47(38,39)12-11-46-49(43,44)45)30-15-7-9-16(10-8-15)35-36-20-14-22(48(40,41)42)19-5-2-6-21(37)23(19)24(20)29/h1-10,13-14,37H,11-12,29H2,(H,40,41,42)(H,43,44,45)(H2,30,31,32,33,34). The molecular weight excluding hydrogens is 728 g/mol. The van der Waals surface area contributed by atoms with Crippen LogP contribution in [0, 0.1) is 0 Å². The number of rotatable bonds is 12. The quantitative estimate of drug-likeness (QED) is 0.0572. The maximum Gasteiger partial charge on any atom is 0.397 e. The lowest BCUT2D eigenvalue weighted by Crippen LogP contribution is -2.15. The fraction of sp³-hybridized carbons (Fsp3) is 0.0741. The number of phenolic OH excluding ortho intramolecular Hbond substituents is 1. The molecular formula is C27H23ClN8O10S3. The zero-order valence-corrected chi connectivity index (χ0v) is 27.7. The number of sulfone groups is 1. The van der Waals surface area contributed by atoms with Gasteiger partial charge in [0.25, 0.3) is 10.1 Å². The number of azo groups is 1. The van der Waals surface area contributed by atoms with Crippen molar-refractivity contribution in [2.45, 2.75) is 9.79 Å². The Labute approximate surface area is 283 Å². The number of nitrogens with zero attached hydrogens (tertiary/aromatic N) is 5. The van der Waals surface area contributed by atoms with Crippen molar-refractivity contribution in [2.75, 3.05) is 28.7 Å². The van der Waals surface area contributed by atoms with E-state index in [-0.39, 0.29) is 55.7 Å². The van der Waals surface area contributed by atoms with Gasteiger partial charge in [-0.15, -0.1) is 5.11 Å². The molecule has 0 atom stereocenters. The third-order valence-corrected chi connectivity index (χ3v) is 9.64. The highest BCUT2D eigenvalue weighted by Crippen LogP contribution is 2.41. The zero-order chi connectivity index (χ0) is 35.6. The number of phenols is 1. The molecule has 0 amide bonds. The van der Waals surface area contributed by atoms with Gasteiger partial charge in [0.15, 0.2) is 9.84 Å². The van der Waals surface area contributed by atoms with Crippen molar-refractivity contribution in [1.29, 1.82) is 0 Å². The monoisotopic (exact) mass is 750 g/mol. The Morgan fingerprint density at radius 1 is 0.816 bits per heavy atom. The van der Waals surface area contributed by atoms with Gasteiger partial charge in [-0.3, -0.25) is 9.11 Å². The number of hydrogen-bond donors (Lipinski definition) is 6. The zero-order valence-electron chi connectivity index (χ0n) is 24.5. The third-order valence-electron chi connectivity index (χ3n) is 6.44. The molecule has 0 aliphatic carbocycles. The van der Waals surface area contributed by atoms with Crippen LogP contribution in [0.5, 0.6) is 5.75 Å². The molecule has 0 aliphatic rings. The van der Waals surface area contributed by atoms with Gasteiger partial charge in [0.2, 0.25) is 17.2 Å². The Kier molecular flexibility index (Phi) is 9.96. The second-order valence-electron chi connectivity index (χ2n) is 9.83. The number of benzene rings is 4. The second kappa shape index (κ2) is 13.8. The van der Waals surface area contributed by atoms with Crippen LogP contribution in [-0.2, 0) is 34.5 Å². The van der Waals surface area contributed by atoms with E-state index in [1.165, 1.54) is 42.5 Å². The summed E-state index contributed by atoms with van der Waals surface area (Å²) in [6.45, 7) is -0.789. The van der Waals surface area contributed by atoms with E-state index < -0.39 is 47.6 Å². The molecule has 0 bridgehead atoms. The Balaban J connectivity index is 1.31. The fourth-order valence-corrected chi connectivity index (χ4v) is 6.71. The summed E-state index contributed by atoms with van der Waals surface area (Å²) in [4.78, 5) is 11.5.